The van der Waals surface area contributed by atoms with Crippen molar-refractivity contribution in [2.75, 3.05) is 7.11 Å². The summed E-state index contributed by atoms with van der Waals surface area (Å²) in [6.45, 7) is 3.11. The first kappa shape index (κ1) is 28.8. The summed E-state index contributed by atoms with van der Waals surface area (Å²) in [5, 5.41) is 2.48. The van der Waals surface area contributed by atoms with Gasteiger partial charge in [-0.15, -0.1) is 0 Å². The van der Waals surface area contributed by atoms with Gasteiger partial charge in [-0.3, -0.25) is 14.4 Å². The van der Waals surface area contributed by atoms with Crippen LogP contribution in [0, 0.1) is 0 Å². The molecule has 198 valence electrons. The first-order chi connectivity index (χ1) is 17.6. The lowest BCUT2D eigenvalue weighted by molar-refractivity contribution is -0.143. The number of carbonyl (C=O) groups excluding carboxylic acids is 5. The summed E-state index contributed by atoms with van der Waals surface area (Å²) in [4.78, 5) is 59.3. The van der Waals surface area contributed by atoms with Crippen molar-refractivity contribution in [3.63, 3.8) is 0 Å². The summed E-state index contributed by atoms with van der Waals surface area (Å²) in [5.41, 5.74) is 1.82. The van der Waals surface area contributed by atoms with Crippen molar-refractivity contribution in [2.24, 2.45) is 0 Å². The number of methoxy groups -OCH3 is 1. The molecule has 2 rings (SSSR count). The lowest BCUT2D eigenvalue weighted by Gasteiger charge is -2.20. The van der Waals surface area contributed by atoms with Crippen molar-refractivity contribution in [1.29, 1.82) is 0 Å². The third-order valence-electron chi connectivity index (χ3n) is 4.84. The highest BCUT2D eigenvalue weighted by molar-refractivity contribution is 5.81. The van der Waals surface area contributed by atoms with Crippen molar-refractivity contribution in [1.82, 2.24) is 5.32 Å². The molecule has 0 saturated carbocycles. The summed E-state index contributed by atoms with van der Waals surface area (Å²) in [6.07, 6.45) is -0.899. The summed E-state index contributed by atoms with van der Waals surface area (Å²) in [6, 6.07) is 10.9. The Morgan fingerprint density at radius 1 is 0.757 bits per heavy atom. The number of hydrogen-bond acceptors (Lipinski definition) is 10. The third kappa shape index (κ3) is 10.0. The van der Waals surface area contributed by atoms with Crippen LogP contribution in [0.1, 0.15) is 43.0 Å². The average molecular weight is 516 g/mol. The Hall–Kier alpha value is -4.41. The monoisotopic (exact) mass is 515 g/mol. The first-order valence-corrected chi connectivity index (χ1v) is 11.2. The maximum atomic E-state index is 12.4. The van der Waals surface area contributed by atoms with Gasteiger partial charge in [-0.25, -0.2) is 9.59 Å². The molecule has 0 aliphatic carbocycles. The maximum Gasteiger partial charge on any atom is 0.408 e. The van der Waals surface area contributed by atoms with Gasteiger partial charge in [0.25, 0.3) is 0 Å². The Labute approximate surface area is 214 Å². The molecular weight excluding hydrogens is 486 g/mol. The van der Waals surface area contributed by atoms with E-state index < -0.39 is 36.0 Å². The van der Waals surface area contributed by atoms with Crippen LogP contribution in [-0.4, -0.2) is 43.1 Å². The molecule has 1 amide bonds. The number of esters is 4. The molecule has 0 fully saturated rings. The molecule has 0 radical (unpaired) electrons. The number of nitrogens with one attached hydrogen (secondary N) is 1. The van der Waals surface area contributed by atoms with Crippen molar-refractivity contribution >= 4 is 30.0 Å². The minimum Gasteiger partial charge on any atom is -0.467 e. The van der Waals surface area contributed by atoms with Crippen LogP contribution in [0.3, 0.4) is 0 Å². The summed E-state index contributed by atoms with van der Waals surface area (Å²) in [5.74, 6) is -2.46. The van der Waals surface area contributed by atoms with Gasteiger partial charge in [-0.1, -0.05) is 30.3 Å². The van der Waals surface area contributed by atoms with Crippen LogP contribution >= 0.6 is 0 Å². The number of rotatable bonds is 11. The molecule has 0 heterocycles. The quantitative estimate of drug-likeness (QED) is 0.269. The number of amides is 1. The van der Waals surface area contributed by atoms with E-state index in [4.69, 9.17) is 23.7 Å². The van der Waals surface area contributed by atoms with Crippen LogP contribution in [0.4, 0.5) is 4.79 Å². The fraction of sp³-hybridized carbons (Fsp3) is 0.346. The molecule has 37 heavy (non-hydrogen) atoms. The Morgan fingerprint density at radius 2 is 1.32 bits per heavy atom. The normalized spacial score (nSPS) is 11.0. The Bertz CT molecular complexity index is 1090. The van der Waals surface area contributed by atoms with Crippen LogP contribution in [0.2, 0.25) is 0 Å². The van der Waals surface area contributed by atoms with E-state index in [-0.39, 0.29) is 32.0 Å². The Kier molecular flexibility index (Phi) is 11.1. The summed E-state index contributed by atoms with van der Waals surface area (Å²) < 4.78 is 25.5. The molecule has 0 aliphatic rings. The van der Waals surface area contributed by atoms with E-state index in [0.29, 0.717) is 16.7 Å². The lowest BCUT2D eigenvalue weighted by Crippen LogP contribution is -2.43. The van der Waals surface area contributed by atoms with E-state index in [1.165, 1.54) is 27.9 Å². The fourth-order valence-corrected chi connectivity index (χ4v) is 3.27. The number of alkyl carbamates (subject to hydrolysis) is 1. The van der Waals surface area contributed by atoms with Crippen molar-refractivity contribution in [3.8, 4) is 5.75 Å². The number of benzene rings is 2. The SMILES string of the molecule is COC(=O)[C@H](Cc1cc(COC(C)=O)c(OC(C)=O)c(COC(C)=O)c1)NC(=O)OCc1ccccc1. The van der Waals surface area contributed by atoms with Crippen LogP contribution in [-0.2, 0) is 64.4 Å². The molecule has 1 atom stereocenters. The smallest absolute Gasteiger partial charge is 0.408 e. The zero-order valence-corrected chi connectivity index (χ0v) is 21.0. The van der Waals surface area contributed by atoms with E-state index in [2.05, 4.69) is 5.32 Å². The van der Waals surface area contributed by atoms with Gasteiger partial charge >= 0.3 is 30.0 Å². The van der Waals surface area contributed by atoms with E-state index in [1.807, 2.05) is 6.07 Å². The molecule has 0 unspecified atom stereocenters. The second kappa shape index (κ2) is 14.2. The molecule has 2 aromatic rings. The minimum absolute atomic E-state index is 0.00326. The molecular formula is C26H29NO10. The maximum absolute atomic E-state index is 12.4. The van der Waals surface area contributed by atoms with E-state index in [9.17, 15) is 24.0 Å². The molecule has 11 nitrogen and oxygen atoms in total. The molecule has 0 spiro atoms. The van der Waals surface area contributed by atoms with Crippen molar-refractivity contribution in [3.05, 3.63) is 64.7 Å². The van der Waals surface area contributed by atoms with Gasteiger partial charge in [-0.05, 0) is 23.3 Å². The Balaban J connectivity index is 2.33. The zero-order chi connectivity index (χ0) is 27.4. The highest BCUT2D eigenvalue weighted by Crippen LogP contribution is 2.29. The number of ether oxygens (including phenoxy) is 5. The van der Waals surface area contributed by atoms with Crippen LogP contribution in [0.25, 0.3) is 0 Å². The third-order valence-corrected chi connectivity index (χ3v) is 4.84. The molecule has 0 saturated heterocycles. The molecule has 1 N–H and O–H groups in total. The minimum atomic E-state index is -1.14. The standard InChI is InChI=1S/C26H29NO10/c1-16(28)34-14-21-10-20(11-22(15-35-17(2)29)24(21)37-18(3)30)12-23(25(31)33-4)27-26(32)36-13-19-8-6-5-7-9-19/h5-11,23H,12-15H2,1-4H3,(H,27,32)/t23-/m0/s1. The van der Waals surface area contributed by atoms with Gasteiger partial charge in [-0.2, -0.15) is 0 Å². The van der Waals surface area contributed by atoms with Gasteiger partial charge < -0.3 is 29.0 Å². The number of carbonyl (C=O) groups is 5. The predicted molar refractivity (Wildman–Crippen MR) is 128 cm³/mol. The van der Waals surface area contributed by atoms with Gasteiger partial charge in [0.05, 0.1) is 7.11 Å². The topological polar surface area (TPSA) is 144 Å². The molecule has 2 aromatic carbocycles. The Morgan fingerprint density at radius 3 is 1.81 bits per heavy atom. The van der Waals surface area contributed by atoms with Gasteiger partial charge in [0, 0.05) is 38.3 Å². The predicted octanol–water partition coefficient (Wildman–Crippen LogP) is 2.75. The second-order valence-electron chi connectivity index (χ2n) is 7.88. The van der Waals surface area contributed by atoms with Crippen LogP contribution in [0.15, 0.2) is 42.5 Å². The van der Waals surface area contributed by atoms with Gasteiger partial charge in [0.15, 0.2) is 0 Å². The fourth-order valence-electron chi connectivity index (χ4n) is 3.27. The van der Waals surface area contributed by atoms with E-state index in [1.54, 1.807) is 36.4 Å². The largest absolute Gasteiger partial charge is 0.467 e. The zero-order valence-electron chi connectivity index (χ0n) is 21.0. The molecule has 0 bridgehead atoms. The molecule has 0 aliphatic heterocycles. The molecule has 11 heteroatoms. The van der Waals surface area contributed by atoms with Crippen molar-refractivity contribution < 1.29 is 47.7 Å². The lowest BCUT2D eigenvalue weighted by atomic mass is 9.99. The average Bonchev–Trinajstić information content (AvgIpc) is 2.85. The first-order valence-electron chi connectivity index (χ1n) is 11.2. The molecule has 0 aromatic heterocycles. The van der Waals surface area contributed by atoms with Crippen molar-refractivity contribution in [2.45, 2.75) is 53.1 Å². The number of hydrogen-bond donors (Lipinski definition) is 1. The van der Waals surface area contributed by atoms with Gasteiger partial charge in [0.1, 0.15) is 31.6 Å². The van der Waals surface area contributed by atoms with E-state index >= 15 is 0 Å². The van der Waals surface area contributed by atoms with Crippen LogP contribution < -0.4 is 10.1 Å². The highest BCUT2D eigenvalue weighted by atomic mass is 16.6. The highest BCUT2D eigenvalue weighted by Gasteiger charge is 2.25. The second-order valence-corrected chi connectivity index (χ2v) is 7.88. The summed E-state index contributed by atoms with van der Waals surface area (Å²) in [7, 11) is 1.17. The van der Waals surface area contributed by atoms with Gasteiger partial charge in [0.2, 0.25) is 0 Å². The van der Waals surface area contributed by atoms with E-state index in [0.717, 1.165) is 5.56 Å². The van der Waals surface area contributed by atoms with Crippen LogP contribution in [0.5, 0.6) is 5.75 Å². The summed E-state index contributed by atoms with van der Waals surface area (Å²) >= 11 is 0.